The summed E-state index contributed by atoms with van der Waals surface area (Å²) in [6, 6.07) is 6.49. The summed E-state index contributed by atoms with van der Waals surface area (Å²) in [7, 11) is 0. The lowest BCUT2D eigenvalue weighted by Crippen LogP contribution is -2.12. The first kappa shape index (κ1) is 12.2. The van der Waals surface area contributed by atoms with Gasteiger partial charge in [-0.25, -0.2) is 4.79 Å². The zero-order valence-electron chi connectivity index (χ0n) is 8.55. The predicted molar refractivity (Wildman–Crippen MR) is 55.1 cm³/mol. The van der Waals surface area contributed by atoms with Gasteiger partial charge in [-0.15, -0.1) is 0 Å². The quantitative estimate of drug-likeness (QED) is 0.565. The van der Waals surface area contributed by atoms with E-state index in [1.807, 2.05) is 0 Å². The van der Waals surface area contributed by atoms with E-state index in [2.05, 4.69) is 0 Å². The van der Waals surface area contributed by atoms with Gasteiger partial charge in [0, 0.05) is 6.42 Å². The summed E-state index contributed by atoms with van der Waals surface area (Å²) < 4.78 is 4.74. The zero-order valence-corrected chi connectivity index (χ0v) is 8.55. The van der Waals surface area contributed by atoms with Gasteiger partial charge in [-0.1, -0.05) is 12.1 Å². The normalized spacial score (nSPS) is 9.81. The smallest absolute Gasteiger partial charge is 0.337 e. The van der Waals surface area contributed by atoms with Crippen LogP contribution in [0.3, 0.4) is 0 Å². The fraction of sp³-hybridized carbons (Fsp3) is 0.273. The Bertz CT molecular complexity index is 368. The monoisotopic (exact) mass is 224 g/mol. The summed E-state index contributed by atoms with van der Waals surface area (Å²) in [5, 5.41) is 16.9. The van der Waals surface area contributed by atoms with Crippen molar-refractivity contribution in [3.05, 3.63) is 29.8 Å². The van der Waals surface area contributed by atoms with Crippen LogP contribution in [0.1, 0.15) is 12.0 Å². The number of esters is 1. The molecule has 0 amide bonds. The Kier molecular flexibility index (Phi) is 4.47. The summed E-state index contributed by atoms with van der Waals surface area (Å²) in [6.07, 6.45) is 0.499. The average molecular weight is 224 g/mol. The SMILES string of the molecule is O=C(O)CCc1ccc(OC(=O)CO)cc1. The number of ether oxygens (including phenoxy) is 1. The lowest BCUT2D eigenvalue weighted by Gasteiger charge is -2.03. The molecule has 1 rings (SSSR count). The Morgan fingerprint density at radius 3 is 2.31 bits per heavy atom. The van der Waals surface area contributed by atoms with Crippen LogP contribution >= 0.6 is 0 Å². The molecule has 0 fully saturated rings. The van der Waals surface area contributed by atoms with Crippen molar-refractivity contribution < 1.29 is 24.5 Å². The number of rotatable bonds is 5. The molecular weight excluding hydrogens is 212 g/mol. The van der Waals surface area contributed by atoms with Crippen molar-refractivity contribution in [1.82, 2.24) is 0 Å². The fourth-order valence-electron chi connectivity index (χ4n) is 1.14. The van der Waals surface area contributed by atoms with Gasteiger partial charge in [0.1, 0.15) is 12.4 Å². The van der Waals surface area contributed by atoms with Crippen molar-refractivity contribution in [2.75, 3.05) is 6.61 Å². The Morgan fingerprint density at radius 2 is 1.81 bits per heavy atom. The van der Waals surface area contributed by atoms with Crippen LogP contribution in [-0.4, -0.2) is 28.8 Å². The minimum Gasteiger partial charge on any atom is -0.481 e. The number of carbonyl (C=O) groups excluding carboxylic acids is 1. The third-order valence-corrected chi connectivity index (χ3v) is 1.91. The minimum atomic E-state index is -0.851. The molecule has 0 unspecified atom stereocenters. The number of aryl methyl sites for hydroxylation is 1. The van der Waals surface area contributed by atoms with Crippen molar-refractivity contribution >= 4 is 11.9 Å². The first-order chi connectivity index (χ1) is 7.61. The van der Waals surface area contributed by atoms with Crippen LogP contribution in [0.4, 0.5) is 0 Å². The summed E-state index contributed by atoms with van der Waals surface area (Å²) in [5.74, 6) is -1.24. The van der Waals surface area contributed by atoms with Gasteiger partial charge >= 0.3 is 11.9 Å². The first-order valence-electron chi connectivity index (χ1n) is 4.74. The highest BCUT2D eigenvalue weighted by Crippen LogP contribution is 2.13. The van der Waals surface area contributed by atoms with Crippen LogP contribution in [0.25, 0.3) is 0 Å². The van der Waals surface area contributed by atoms with Gasteiger partial charge in [-0.2, -0.15) is 0 Å². The van der Waals surface area contributed by atoms with Crippen molar-refractivity contribution in [3.8, 4) is 5.75 Å². The van der Waals surface area contributed by atoms with Gasteiger partial charge in [-0.3, -0.25) is 4.79 Å². The van der Waals surface area contributed by atoms with Crippen LogP contribution in [0.2, 0.25) is 0 Å². The standard InChI is InChI=1S/C11H12O5/c12-7-11(15)16-9-4-1-8(2-5-9)3-6-10(13)14/h1-2,4-5,12H,3,6-7H2,(H,13,14). The molecule has 1 aromatic carbocycles. The summed E-state index contributed by atoms with van der Waals surface area (Å²) in [6.45, 7) is -0.666. The Hall–Kier alpha value is -1.88. The molecule has 1 aromatic rings. The second kappa shape index (κ2) is 5.87. The van der Waals surface area contributed by atoms with E-state index < -0.39 is 18.5 Å². The van der Waals surface area contributed by atoms with Gasteiger partial charge in [0.25, 0.3) is 0 Å². The molecule has 0 atom stereocenters. The molecule has 0 saturated heterocycles. The maximum atomic E-state index is 10.7. The number of benzene rings is 1. The molecule has 0 saturated carbocycles. The number of aliphatic carboxylic acids is 1. The molecule has 0 radical (unpaired) electrons. The Balaban J connectivity index is 2.54. The lowest BCUT2D eigenvalue weighted by atomic mass is 10.1. The molecule has 16 heavy (non-hydrogen) atoms. The second-order valence-electron chi connectivity index (χ2n) is 3.17. The third-order valence-electron chi connectivity index (χ3n) is 1.91. The first-order valence-corrected chi connectivity index (χ1v) is 4.74. The van der Waals surface area contributed by atoms with Crippen LogP contribution in [0.5, 0.6) is 5.75 Å². The van der Waals surface area contributed by atoms with Gasteiger partial charge in [0.05, 0.1) is 0 Å². The van der Waals surface area contributed by atoms with Crippen LogP contribution in [-0.2, 0) is 16.0 Å². The molecule has 0 aliphatic carbocycles. The predicted octanol–water partition coefficient (Wildman–Crippen LogP) is 0.602. The van der Waals surface area contributed by atoms with Crippen molar-refractivity contribution in [1.29, 1.82) is 0 Å². The Labute approximate surface area is 92.3 Å². The van der Waals surface area contributed by atoms with Gasteiger partial charge in [0.15, 0.2) is 0 Å². The molecule has 5 nitrogen and oxygen atoms in total. The number of hydrogen-bond donors (Lipinski definition) is 2. The lowest BCUT2D eigenvalue weighted by molar-refractivity contribution is -0.138. The van der Waals surface area contributed by atoms with E-state index in [1.165, 1.54) is 0 Å². The van der Waals surface area contributed by atoms with E-state index >= 15 is 0 Å². The minimum absolute atomic E-state index is 0.0653. The van der Waals surface area contributed by atoms with Crippen molar-refractivity contribution in [2.24, 2.45) is 0 Å². The number of aliphatic hydroxyl groups excluding tert-OH is 1. The van der Waals surface area contributed by atoms with Gasteiger partial charge in [0.2, 0.25) is 0 Å². The van der Waals surface area contributed by atoms with E-state index in [1.54, 1.807) is 24.3 Å². The molecule has 0 aliphatic rings. The topological polar surface area (TPSA) is 83.8 Å². The molecule has 0 aromatic heterocycles. The van der Waals surface area contributed by atoms with Crippen molar-refractivity contribution in [3.63, 3.8) is 0 Å². The largest absolute Gasteiger partial charge is 0.481 e. The van der Waals surface area contributed by atoms with Gasteiger partial charge < -0.3 is 14.9 Å². The van der Waals surface area contributed by atoms with Crippen LogP contribution in [0.15, 0.2) is 24.3 Å². The van der Waals surface area contributed by atoms with Crippen LogP contribution in [0, 0.1) is 0 Å². The van der Waals surface area contributed by atoms with Gasteiger partial charge in [-0.05, 0) is 24.1 Å². The Morgan fingerprint density at radius 1 is 1.19 bits per heavy atom. The second-order valence-corrected chi connectivity index (χ2v) is 3.17. The van der Waals surface area contributed by atoms with E-state index in [-0.39, 0.29) is 6.42 Å². The highest BCUT2D eigenvalue weighted by atomic mass is 16.5. The maximum absolute atomic E-state index is 10.7. The zero-order chi connectivity index (χ0) is 12.0. The summed E-state index contributed by atoms with van der Waals surface area (Å²) >= 11 is 0. The van der Waals surface area contributed by atoms with E-state index in [9.17, 15) is 9.59 Å². The molecule has 0 aliphatic heterocycles. The molecule has 2 N–H and O–H groups in total. The molecule has 5 heteroatoms. The van der Waals surface area contributed by atoms with Crippen molar-refractivity contribution in [2.45, 2.75) is 12.8 Å². The fourth-order valence-corrected chi connectivity index (χ4v) is 1.14. The molecule has 0 spiro atoms. The molecule has 86 valence electrons. The number of aliphatic hydroxyl groups is 1. The van der Waals surface area contributed by atoms with E-state index in [4.69, 9.17) is 14.9 Å². The highest BCUT2D eigenvalue weighted by Gasteiger charge is 2.03. The third kappa shape index (κ3) is 4.10. The molecule has 0 bridgehead atoms. The summed E-state index contributed by atoms with van der Waals surface area (Å²) in [5.41, 5.74) is 0.853. The number of carboxylic acids is 1. The number of carbonyl (C=O) groups is 2. The molecular formula is C11H12O5. The van der Waals surface area contributed by atoms with E-state index in [0.717, 1.165) is 5.56 Å². The highest BCUT2D eigenvalue weighted by molar-refractivity contribution is 5.73. The maximum Gasteiger partial charge on any atom is 0.337 e. The number of carboxylic acid groups (broad SMARTS) is 1. The summed E-state index contributed by atoms with van der Waals surface area (Å²) in [4.78, 5) is 21.1. The average Bonchev–Trinajstić information content (AvgIpc) is 2.28. The van der Waals surface area contributed by atoms with E-state index in [0.29, 0.717) is 12.2 Å². The van der Waals surface area contributed by atoms with Crippen LogP contribution < -0.4 is 4.74 Å². The molecule has 0 heterocycles. The number of hydrogen-bond acceptors (Lipinski definition) is 4.